The van der Waals surface area contributed by atoms with Gasteiger partial charge < -0.3 is 24.0 Å². The van der Waals surface area contributed by atoms with Crippen LogP contribution in [0.5, 0.6) is 0 Å². The zero-order valence-corrected chi connectivity index (χ0v) is 17.1. The second-order valence-corrected chi connectivity index (χ2v) is 7.13. The first-order valence-corrected chi connectivity index (χ1v) is 9.88. The largest absolute Gasteiger partial charge is 0.383 e. The third-order valence-electron chi connectivity index (χ3n) is 5.17. The summed E-state index contributed by atoms with van der Waals surface area (Å²) >= 11 is 0. The van der Waals surface area contributed by atoms with Crippen molar-refractivity contribution in [3.05, 3.63) is 35.9 Å². The maximum absolute atomic E-state index is 12.5. The maximum Gasteiger partial charge on any atom is 0.232 e. The number of rotatable bonds is 8. The Balaban J connectivity index is 1.95. The number of likely N-dealkylation sites (N-methyl/N-ethyl adjacent to an activating group) is 1. The summed E-state index contributed by atoms with van der Waals surface area (Å²) in [4.78, 5) is 18.9. The van der Waals surface area contributed by atoms with E-state index in [9.17, 15) is 4.79 Å². The summed E-state index contributed by atoms with van der Waals surface area (Å²) < 4.78 is 11.0. The van der Waals surface area contributed by atoms with E-state index in [0.29, 0.717) is 26.1 Å². The number of carbonyl (C=O) groups is 1. The van der Waals surface area contributed by atoms with Gasteiger partial charge in [-0.15, -0.1) is 0 Å². The number of nitrogens with zero attached hydrogens (tertiary/aromatic N) is 4. The zero-order valence-electron chi connectivity index (χ0n) is 17.1. The van der Waals surface area contributed by atoms with E-state index in [4.69, 9.17) is 9.26 Å². The third-order valence-corrected chi connectivity index (χ3v) is 5.17. The fourth-order valence-electron chi connectivity index (χ4n) is 3.43. The van der Waals surface area contributed by atoms with Gasteiger partial charge in [-0.05, 0) is 7.05 Å². The molecule has 0 radical (unpaired) electrons. The molecule has 1 aromatic heterocycles. The van der Waals surface area contributed by atoms with Crippen molar-refractivity contribution >= 4 is 11.8 Å². The summed E-state index contributed by atoms with van der Waals surface area (Å²) in [6.45, 7) is 7.11. The second-order valence-electron chi connectivity index (χ2n) is 7.13. The van der Waals surface area contributed by atoms with Crippen LogP contribution in [0.2, 0.25) is 0 Å². The Morgan fingerprint density at radius 2 is 1.93 bits per heavy atom. The number of hydrogen-bond donors (Lipinski definition) is 0. The van der Waals surface area contributed by atoms with Gasteiger partial charge in [0, 0.05) is 51.8 Å². The highest BCUT2D eigenvalue weighted by Crippen LogP contribution is 2.33. The van der Waals surface area contributed by atoms with Crippen LogP contribution in [0.1, 0.15) is 18.9 Å². The van der Waals surface area contributed by atoms with E-state index < -0.39 is 0 Å². The molecule has 0 saturated carbocycles. The topological polar surface area (TPSA) is 62.1 Å². The van der Waals surface area contributed by atoms with Gasteiger partial charge in [-0.25, -0.2) is 0 Å². The van der Waals surface area contributed by atoms with Crippen LogP contribution in [0, 0.1) is 0 Å². The van der Waals surface area contributed by atoms with Gasteiger partial charge in [-0.1, -0.05) is 42.4 Å². The number of carbonyl (C=O) groups excluding carboxylic acids is 1. The Morgan fingerprint density at radius 1 is 1.21 bits per heavy atom. The average molecular weight is 386 g/mol. The van der Waals surface area contributed by atoms with E-state index >= 15 is 0 Å². The van der Waals surface area contributed by atoms with Crippen molar-refractivity contribution < 1.29 is 14.1 Å². The molecule has 0 N–H and O–H groups in total. The number of methoxy groups -OCH3 is 1. The first-order chi connectivity index (χ1) is 13.6. The van der Waals surface area contributed by atoms with Gasteiger partial charge in [0.15, 0.2) is 0 Å². The molecule has 2 heterocycles. The van der Waals surface area contributed by atoms with Crippen LogP contribution in [0.15, 0.2) is 34.9 Å². The van der Waals surface area contributed by atoms with E-state index in [1.807, 2.05) is 42.2 Å². The van der Waals surface area contributed by atoms with Crippen molar-refractivity contribution in [2.75, 3.05) is 58.4 Å². The number of hydrogen-bond acceptors (Lipinski definition) is 6. The third kappa shape index (κ3) is 4.72. The van der Waals surface area contributed by atoms with Crippen molar-refractivity contribution in [1.82, 2.24) is 15.0 Å². The summed E-state index contributed by atoms with van der Waals surface area (Å²) in [5, 5.41) is 4.40. The van der Waals surface area contributed by atoms with Crippen molar-refractivity contribution in [2.24, 2.45) is 0 Å². The zero-order chi connectivity index (χ0) is 19.9. The molecule has 28 heavy (non-hydrogen) atoms. The van der Waals surface area contributed by atoms with Crippen molar-refractivity contribution in [3.63, 3.8) is 0 Å². The minimum absolute atomic E-state index is 0.0987. The molecule has 0 spiro atoms. The van der Waals surface area contributed by atoms with Crippen LogP contribution >= 0.6 is 0 Å². The molecule has 1 aliphatic rings. The standard InChI is InChI=1S/C21H30N4O3/c1-4-19(26)25(14-15-27-3)16-18-20(17-8-6-5-7-9-17)22-28-21(18)24-12-10-23(2)11-13-24/h5-9H,4,10-16H2,1-3H3. The molecular formula is C21H30N4O3. The number of ether oxygens (including phenoxy) is 1. The molecule has 0 bridgehead atoms. The van der Waals surface area contributed by atoms with Crippen molar-refractivity contribution in [1.29, 1.82) is 0 Å². The van der Waals surface area contributed by atoms with Crippen LogP contribution in [-0.4, -0.2) is 74.4 Å². The second kappa shape index (κ2) is 9.71. The SMILES string of the molecule is CCC(=O)N(CCOC)Cc1c(-c2ccccc2)noc1N1CCN(C)CC1. The number of aromatic nitrogens is 1. The Labute approximate surface area is 166 Å². The molecule has 1 saturated heterocycles. The average Bonchev–Trinajstić information content (AvgIpc) is 3.15. The van der Waals surface area contributed by atoms with E-state index in [-0.39, 0.29) is 5.91 Å². The van der Waals surface area contributed by atoms with Gasteiger partial charge in [0.05, 0.1) is 18.7 Å². The van der Waals surface area contributed by atoms with Gasteiger partial charge in [0.1, 0.15) is 5.69 Å². The lowest BCUT2D eigenvalue weighted by Crippen LogP contribution is -2.45. The van der Waals surface area contributed by atoms with Gasteiger partial charge in [0.25, 0.3) is 0 Å². The summed E-state index contributed by atoms with van der Waals surface area (Å²) in [6.07, 6.45) is 0.458. The van der Waals surface area contributed by atoms with E-state index in [2.05, 4.69) is 22.0 Å². The molecule has 0 atom stereocenters. The summed E-state index contributed by atoms with van der Waals surface area (Å²) in [6, 6.07) is 10.0. The van der Waals surface area contributed by atoms with E-state index in [1.54, 1.807) is 7.11 Å². The molecule has 1 aromatic carbocycles. The summed E-state index contributed by atoms with van der Waals surface area (Å²) in [7, 11) is 3.78. The molecular weight excluding hydrogens is 356 g/mol. The fourth-order valence-corrected chi connectivity index (χ4v) is 3.43. The monoisotopic (exact) mass is 386 g/mol. The smallest absolute Gasteiger partial charge is 0.232 e. The fraction of sp³-hybridized carbons (Fsp3) is 0.524. The van der Waals surface area contributed by atoms with Crippen molar-refractivity contribution in [3.8, 4) is 11.3 Å². The van der Waals surface area contributed by atoms with E-state index in [1.165, 1.54) is 0 Å². The maximum atomic E-state index is 12.5. The highest BCUT2D eigenvalue weighted by molar-refractivity contribution is 5.77. The van der Waals surface area contributed by atoms with Gasteiger partial charge >= 0.3 is 0 Å². The Kier molecular flexibility index (Phi) is 7.06. The number of benzene rings is 1. The first-order valence-electron chi connectivity index (χ1n) is 9.88. The normalized spacial score (nSPS) is 15.0. The van der Waals surface area contributed by atoms with Gasteiger partial charge in [-0.3, -0.25) is 4.79 Å². The number of amides is 1. The predicted octanol–water partition coefficient (Wildman–Crippen LogP) is 2.48. The highest BCUT2D eigenvalue weighted by atomic mass is 16.5. The lowest BCUT2D eigenvalue weighted by molar-refractivity contribution is -0.132. The molecule has 152 valence electrons. The molecule has 2 aromatic rings. The quantitative estimate of drug-likeness (QED) is 0.695. The molecule has 1 amide bonds. The molecule has 3 rings (SSSR count). The Hall–Kier alpha value is -2.38. The first kappa shape index (κ1) is 20.4. The minimum atomic E-state index is 0.0987. The van der Waals surface area contributed by atoms with E-state index in [0.717, 1.165) is 48.9 Å². The Morgan fingerprint density at radius 3 is 2.57 bits per heavy atom. The summed E-state index contributed by atoms with van der Waals surface area (Å²) in [5.74, 6) is 0.875. The minimum Gasteiger partial charge on any atom is -0.383 e. The molecule has 1 fully saturated rings. The highest BCUT2D eigenvalue weighted by Gasteiger charge is 2.27. The van der Waals surface area contributed by atoms with Crippen LogP contribution in [0.3, 0.4) is 0 Å². The lowest BCUT2D eigenvalue weighted by atomic mass is 10.1. The van der Waals surface area contributed by atoms with Crippen LogP contribution < -0.4 is 4.90 Å². The molecule has 0 aliphatic carbocycles. The lowest BCUT2D eigenvalue weighted by Gasteiger charge is -2.33. The number of piperazine rings is 1. The summed E-state index contributed by atoms with van der Waals surface area (Å²) in [5.41, 5.74) is 2.77. The van der Waals surface area contributed by atoms with Crippen LogP contribution in [0.25, 0.3) is 11.3 Å². The number of anilines is 1. The molecule has 7 heteroatoms. The van der Waals surface area contributed by atoms with Crippen LogP contribution in [-0.2, 0) is 16.1 Å². The predicted molar refractivity (Wildman–Crippen MR) is 109 cm³/mol. The van der Waals surface area contributed by atoms with Gasteiger partial charge in [0.2, 0.25) is 11.8 Å². The Bertz CT molecular complexity index is 754. The van der Waals surface area contributed by atoms with Gasteiger partial charge in [-0.2, -0.15) is 0 Å². The van der Waals surface area contributed by atoms with Crippen molar-refractivity contribution in [2.45, 2.75) is 19.9 Å². The molecule has 0 unspecified atom stereocenters. The molecule has 1 aliphatic heterocycles. The van der Waals surface area contributed by atoms with Crippen LogP contribution in [0.4, 0.5) is 5.88 Å². The molecule has 7 nitrogen and oxygen atoms in total.